The summed E-state index contributed by atoms with van der Waals surface area (Å²) in [4.78, 5) is 0. The number of alkyl halides is 1. The Hall–Kier alpha value is 0.247. The molecule has 0 rings (SSSR count). The minimum atomic E-state index is -1.17. The second kappa shape index (κ2) is 4.99. The van der Waals surface area contributed by atoms with Crippen molar-refractivity contribution in [2.24, 2.45) is 0 Å². The molecule has 0 saturated carbocycles. The number of allylic oxidation sites excluding steroid dienone is 1. The molecule has 0 bridgehead atoms. The average Bonchev–Trinajstić information content (AvgIpc) is 2.08. The van der Waals surface area contributed by atoms with E-state index < -0.39 is 8.07 Å². The van der Waals surface area contributed by atoms with E-state index in [0.29, 0.717) is 0 Å². The van der Waals surface area contributed by atoms with Crippen LogP contribution in [0.5, 0.6) is 0 Å². The van der Waals surface area contributed by atoms with Crippen LogP contribution in [0.4, 0.5) is 0 Å². The lowest BCUT2D eigenvalue weighted by Crippen LogP contribution is -2.41. The van der Waals surface area contributed by atoms with Crippen molar-refractivity contribution in [2.45, 2.75) is 43.9 Å². The molecule has 2 heteroatoms. The molecule has 0 aromatic heterocycles. The van der Waals surface area contributed by atoms with Gasteiger partial charge >= 0.3 is 0 Å². The van der Waals surface area contributed by atoms with Crippen molar-refractivity contribution in [3.63, 3.8) is 0 Å². The van der Waals surface area contributed by atoms with E-state index in [4.69, 9.17) is 11.6 Å². The van der Waals surface area contributed by atoms with E-state index in [0.717, 1.165) is 0 Å². The van der Waals surface area contributed by atoms with Gasteiger partial charge in [-0.05, 0) is 0 Å². The van der Waals surface area contributed by atoms with Gasteiger partial charge in [0.1, 0.15) is 0 Å². The Labute approximate surface area is 76.7 Å². The van der Waals surface area contributed by atoms with Crippen molar-refractivity contribution >= 4 is 19.7 Å². The van der Waals surface area contributed by atoms with Crippen LogP contribution in [0.25, 0.3) is 0 Å². The summed E-state index contributed by atoms with van der Waals surface area (Å²) >= 11 is 6.23. The maximum absolute atomic E-state index is 6.23. The normalized spacial score (nSPS) is 14.5. The van der Waals surface area contributed by atoms with Crippen LogP contribution in [-0.2, 0) is 0 Å². The first-order valence-electron chi connectivity index (χ1n) is 4.43. The van der Waals surface area contributed by atoms with Crippen LogP contribution in [0.15, 0.2) is 12.7 Å². The van der Waals surface area contributed by atoms with Crippen LogP contribution >= 0.6 is 11.6 Å². The van der Waals surface area contributed by atoms with E-state index in [1.54, 1.807) is 0 Å². The fourth-order valence-electron chi connectivity index (χ4n) is 1.59. The Bertz CT molecular complexity index is 110. The molecular weight excluding hydrogens is 172 g/mol. The van der Waals surface area contributed by atoms with Crippen LogP contribution in [0.2, 0.25) is 18.1 Å². The SMILES string of the molecule is C=CC(Cl)[Si](CC)(CC)CC. The van der Waals surface area contributed by atoms with Crippen LogP contribution in [0.1, 0.15) is 20.8 Å². The number of rotatable bonds is 5. The van der Waals surface area contributed by atoms with Gasteiger partial charge in [-0.25, -0.2) is 0 Å². The highest BCUT2D eigenvalue weighted by molar-refractivity contribution is 6.87. The Kier molecular flexibility index (Phi) is 5.10. The minimum Gasteiger partial charge on any atom is -0.122 e. The zero-order valence-corrected chi connectivity index (χ0v) is 9.62. The lowest BCUT2D eigenvalue weighted by Gasteiger charge is -2.30. The zero-order valence-electron chi connectivity index (χ0n) is 7.86. The van der Waals surface area contributed by atoms with Gasteiger partial charge in [0.25, 0.3) is 0 Å². The molecule has 0 saturated heterocycles. The van der Waals surface area contributed by atoms with Gasteiger partial charge in [-0.3, -0.25) is 0 Å². The summed E-state index contributed by atoms with van der Waals surface area (Å²) < 4.78 is 0. The smallest absolute Gasteiger partial charge is 0.0780 e. The summed E-state index contributed by atoms with van der Waals surface area (Å²) in [6, 6.07) is 3.83. The first kappa shape index (κ1) is 11.2. The molecule has 1 unspecified atom stereocenters. The van der Waals surface area contributed by atoms with E-state index in [2.05, 4.69) is 27.4 Å². The molecular formula is C9H19ClSi. The molecule has 0 nitrogen and oxygen atoms in total. The van der Waals surface area contributed by atoms with Crippen molar-refractivity contribution in [3.05, 3.63) is 12.7 Å². The third kappa shape index (κ3) is 2.34. The highest BCUT2D eigenvalue weighted by atomic mass is 35.5. The summed E-state index contributed by atoms with van der Waals surface area (Å²) in [5, 5.41) is 0.266. The Morgan fingerprint density at radius 3 is 1.73 bits per heavy atom. The van der Waals surface area contributed by atoms with Gasteiger partial charge in [0.15, 0.2) is 0 Å². The van der Waals surface area contributed by atoms with E-state index in [-0.39, 0.29) is 5.00 Å². The summed E-state index contributed by atoms with van der Waals surface area (Å²) in [5.74, 6) is 0. The Morgan fingerprint density at radius 2 is 1.64 bits per heavy atom. The standard InChI is InChI=1S/C9H19ClSi/c1-5-9(10)11(6-2,7-3)8-4/h5,9H,1,6-8H2,2-4H3. The van der Waals surface area contributed by atoms with Crippen LogP contribution < -0.4 is 0 Å². The first-order chi connectivity index (χ1) is 5.16. The largest absolute Gasteiger partial charge is 0.122 e. The van der Waals surface area contributed by atoms with Gasteiger partial charge in [-0.1, -0.05) is 45.0 Å². The predicted molar refractivity (Wildman–Crippen MR) is 57.0 cm³/mol. The average molecular weight is 191 g/mol. The molecule has 0 radical (unpaired) electrons. The molecule has 66 valence electrons. The summed E-state index contributed by atoms with van der Waals surface area (Å²) in [7, 11) is -1.17. The zero-order chi connectivity index (χ0) is 8.91. The van der Waals surface area contributed by atoms with Gasteiger partial charge < -0.3 is 0 Å². The number of hydrogen-bond donors (Lipinski definition) is 0. The molecule has 1 atom stereocenters. The lowest BCUT2D eigenvalue weighted by molar-refractivity contribution is 1.13. The van der Waals surface area contributed by atoms with Crippen LogP contribution in [0, 0.1) is 0 Å². The first-order valence-corrected chi connectivity index (χ1v) is 7.57. The van der Waals surface area contributed by atoms with Gasteiger partial charge in [-0.2, -0.15) is 0 Å². The highest BCUT2D eigenvalue weighted by Gasteiger charge is 2.32. The summed E-state index contributed by atoms with van der Waals surface area (Å²) in [6.07, 6.45) is 1.92. The van der Waals surface area contributed by atoms with E-state index in [1.165, 1.54) is 18.1 Å². The van der Waals surface area contributed by atoms with E-state index >= 15 is 0 Å². The molecule has 0 aliphatic heterocycles. The van der Waals surface area contributed by atoms with Crippen molar-refractivity contribution in [3.8, 4) is 0 Å². The second-order valence-electron chi connectivity index (χ2n) is 3.06. The van der Waals surface area contributed by atoms with E-state index in [1.807, 2.05) is 6.08 Å². The molecule has 11 heavy (non-hydrogen) atoms. The molecule has 0 fully saturated rings. The molecule has 0 spiro atoms. The monoisotopic (exact) mass is 190 g/mol. The summed E-state index contributed by atoms with van der Waals surface area (Å²) in [6.45, 7) is 10.6. The number of hydrogen-bond acceptors (Lipinski definition) is 0. The Balaban J connectivity index is 4.38. The van der Waals surface area contributed by atoms with Gasteiger partial charge in [0.05, 0.1) is 8.07 Å². The third-order valence-electron chi connectivity index (χ3n) is 2.90. The Morgan fingerprint density at radius 1 is 1.27 bits per heavy atom. The van der Waals surface area contributed by atoms with Crippen LogP contribution in [-0.4, -0.2) is 13.1 Å². The van der Waals surface area contributed by atoms with Gasteiger partial charge in [0.2, 0.25) is 0 Å². The van der Waals surface area contributed by atoms with Gasteiger partial charge in [-0.15, -0.1) is 18.2 Å². The van der Waals surface area contributed by atoms with Crippen LogP contribution in [0.3, 0.4) is 0 Å². The van der Waals surface area contributed by atoms with Crippen molar-refractivity contribution < 1.29 is 0 Å². The maximum atomic E-state index is 6.23. The molecule has 0 aliphatic carbocycles. The third-order valence-corrected chi connectivity index (χ3v) is 10.1. The fourth-order valence-corrected chi connectivity index (χ4v) is 6.14. The quantitative estimate of drug-likeness (QED) is 0.351. The molecule has 0 amide bonds. The molecule has 0 aliphatic rings. The maximum Gasteiger partial charge on any atom is 0.0780 e. The van der Waals surface area contributed by atoms with Crippen molar-refractivity contribution in [2.75, 3.05) is 0 Å². The van der Waals surface area contributed by atoms with Crippen molar-refractivity contribution in [1.29, 1.82) is 0 Å². The topological polar surface area (TPSA) is 0 Å². The highest BCUT2D eigenvalue weighted by Crippen LogP contribution is 2.28. The minimum absolute atomic E-state index is 0.266. The lowest BCUT2D eigenvalue weighted by atomic mass is 10.7. The predicted octanol–water partition coefficient (Wildman–Crippen LogP) is 3.83. The second-order valence-corrected chi connectivity index (χ2v) is 9.36. The fraction of sp³-hybridized carbons (Fsp3) is 0.778. The van der Waals surface area contributed by atoms with E-state index in [9.17, 15) is 0 Å². The molecule has 0 heterocycles. The molecule has 0 aromatic carbocycles. The molecule has 0 aromatic rings. The molecule has 0 N–H and O–H groups in total. The summed E-state index contributed by atoms with van der Waals surface area (Å²) in [5.41, 5.74) is 0. The van der Waals surface area contributed by atoms with Gasteiger partial charge in [0, 0.05) is 5.00 Å². The van der Waals surface area contributed by atoms with Crippen molar-refractivity contribution in [1.82, 2.24) is 0 Å². The number of halogens is 1.